The number of nitrogens with one attached hydrogen (secondary N) is 1. The predicted molar refractivity (Wildman–Crippen MR) is 66.3 cm³/mol. The molecule has 2 rings (SSSR count). The van der Waals surface area contributed by atoms with E-state index in [0.29, 0.717) is 0 Å². The normalized spacial score (nSPS) is 10.1. The molecule has 0 aromatic heterocycles. The van der Waals surface area contributed by atoms with Crippen molar-refractivity contribution in [2.24, 2.45) is 0 Å². The Morgan fingerprint density at radius 3 is 2.50 bits per heavy atom. The molecule has 0 spiro atoms. The zero-order valence-electron chi connectivity index (χ0n) is 9.81. The molecule has 0 unspecified atom stereocenters. The van der Waals surface area contributed by atoms with Gasteiger partial charge in [-0.1, -0.05) is 36.4 Å². The first-order valence-electron chi connectivity index (χ1n) is 5.40. The van der Waals surface area contributed by atoms with Gasteiger partial charge < -0.3 is 0 Å². The van der Waals surface area contributed by atoms with E-state index < -0.39 is 11.7 Å². The van der Waals surface area contributed by atoms with Gasteiger partial charge in [-0.3, -0.25) is 9.63 Å². The van der Waals surface area contributed by atoms with Gasteiger partial charge in [0, 0.05) is 0 Å². The standard InChI is InChI=1S/C14H12FNO2/c1-18-16-14(17)12-9-11(7-8-13(12)15)10-5-3-2-4-6-10/h2-9H,1H3,(H,16,17). The number of carbonyl (C=O) groups is 1. The maximum absolute atomic E-state index is 13.5. The van der Waals surface area contributed by atoms with Crippen LogP contribution >= 0.6 is 0 Å². The van der Waals surface area contributed by atoms with Gasteiger partial charge in [-0.25, -0.2) is 9.87 Å². The van der Waals surface area contributed by atoms with E-state index in [0.717, 1.165) is 11.1 Å². The maximum atomic E-state index is 13.5. The number of hydrogen-bond acceptors (Lipinski definition) is 2. The Kier molecular flexibility index (Phi) is 3.69. The van der Waals surface area contributed by atoms with Gasteiger partial charge in [0.1, 0.15) is 5.82 Å². The number of rotatable bonds is 3. The zero-order valence-corrected chi connectivity index (χ0v) is 9.81. The third-order valence-electron chi connectivity index (χ3n) is 2.51. The second kappa shape index (κ2) is 5.42. The summed E-state index contributed by atoms with van der Waals surface area (Å²) in [6.07, 6.45) is 0. The Labute approximate surface area is 104 Å². The van der Waals surface area contributed by atoms with Crippen LogP contribution in [0.1, 0.15) is 10.4 Å². The molecule has 0 radical (unpaired) electrons. The van der Waals surface area contributed by atoms with Crippen LogP contribution in [0, 0.1) is 5.82 Å². The molecule has 18 heavy (non-hydrogen) atoms. The van der Waals surface area contributed by atoms with Crippen molar-refractivity contribution >= 4 is 5.91 Å². The van der Waals surface area contributed by atoms with Gasteiger partial charge in [0.05, 0.1) is 12.7 Å². The quantitative estimate of drug-likeness (QED) is 0.844. The largest absolute Gasteiger partial charge is 0.277 e. The van der Waals surface area contributed by atoms with Gasteiger partial charge in [-0.2, -0.15) is 0 Å². The summed E-state index contributed by atoms with van der Waals surface area (Å²) in [5, 5.41) is 0. The Hall–Kier alpha value is -2.20. The third kappa shape index (κ3) is 2.55. The van der Waals surface area contributed by atoms with E-state index >= 15 is 0 Å². The minimum atomic E-state index is -0.604. The fourth-order valence-electron chi connectivity index (χ4n) is 1.66. The number of benzene rings is 2. The van der Waals surface area contributed by atoms with Gasteiger partial charge in [0.2, 0.25) is 0 Å². The molecule has 0 heterocycles. The molecule has 0 aliphatic carbocycles. The Morgan fingerprint density at radius 2 is 1.83 bits per heavy atom. The van der Waals surface area contributed by atoms with Crippen LogP contribution in [0.3, 0.4) is 0 Å². The highest BCUT2D eigenvalue weighted by molar-refractivity contribution is 5.95. The van der Waals surface area contributed by atoms with E-state index in [1.807, 2.05) is 30.3 Å². The topological polar surface area (TPSA) is 38.3 Å². The lowest BCUT2D eigenvalue weighted by atomic mass is 10.0. The molecule has 2 aromatic carbocycles. The molecule has 1 N–H and O–H groups in total. The van der Waals surface area contributed by atoms with E-state index in [2.05, 4.69) is 10.3 Å². The van der Waals surface area contributed by atoms with Crippen LogP contribution in [0.15, 0.2) is 48.5 Å². The molecule has 0 saturated carbocycles. The molecule has 0 bridgehead atoms. The van der Waals surface area contributed by atoms with Crippen LogP contribution in [-0.4, -0.2) is 13.0 Å². The molecular formula is C14H12FNO2. The van der Waals surface area contributed by atoms with E-state index in [-0.39, 0.29) is 5.56 Å². The number of hydroxylamine groups is 1. The molecule has 92 valence electrons. The second-order valence-electron chi connectivity index (χ2n) is 3.70. The van der Waals surface area contributed by atoms with Gasteiger partial charge in [0.15, 0.2) is 0 Å². The molecule has 0 fully saturated rings. The lowest BCUT2D eigenvalue weighted by Crippen LogP contribution is -2.22. The van der Waals surface area contributed by atoms with Crippen molar-refractivity contribution in [1.29, 1.82) is 0 Å². The highest BCUT2D eigenvalue weighted by Gasteiger charge is 2.12. The van der Waals surface area contributed by atoms with E-state index in [1.165, 1.54) is 19.2 Å². The van der Waals surface area contributed by atoms with E-state index in [9.17, 15) is 9.18 Å². The summed E-state index contributed by atoms with van der Waals surface area (Å²) >= 11 is 0. The van der Waals surface area contributed by atoms with Crippen LogP contribution in [0.4, 0.5) is 4.39 Å². The van der Waals surface area contributed by atoms with Crippen molar-refractivity contribution in [2.75, 3.05) is 7.11 Å². The van der Waals surface area contributed by atoms with Crippen LogP contribution < -0.4 is 5.48 Å². The summed E-state index contributed by atoms with van der Waals surface area (Å²) in [4.78, 5) is 16.1. The Morgan fingerprint density at radius 1 is 1.11 bits per heavy atom. The first-order chi connectivity index (χ1) is 8.72. The monoisotopic (exact) mass is 245 g/mol. The molecule has 0 aliphatic heterocycles. The van der Waals surface area contributed by atoms with Crippen molar-refractivity contribution in [2.45, 2.75) is 0 Å². The van der Waals surface area contributed by atoms with E-state index in [1.54, 1.807) is 6.07 Å². The first kappa shape index (κ1) is 12.3. The summed E-state index contributed by atoms with van der Waals surface area (Å²) in [7, 11) is 1.30. The summed E-state index contributed by atoms with van der Waals surface area (Å²) in [6, 6.07) is 13.9. The van der Waals surface area contributed by atoms with Crippen molar-refractivity contribution in [3.63, 3.8) is 0 Å². The molecular weight excluding hydrogens is 233 g/mol. The Bertz CT molecular complexity index is 555. The molecule has 3 nitrogen and oxygen atoms in total. The highest BCUT2D eigenvalue weighted by Crippen LogP contribution is 2.21. The highest BCUT2D eigenvalue weighted by atomic mass is 19.1. The van der Waals surface area contributed by atoms with Crippen LogP contribution in [-0.2, 0) is 4.84 Å². The van der Waals surface area contributed by atoms with Crippen LogP contribution in [0.25, 0.3) is 11.1 Å². The fourth-order valence-corrected chi connectivity index (χ4v) is 1.66. The van der Waals surface area contributed by atoms with Crippen molar-refractivity contribution in [3.05, 3.63) is 59.9 Å². The average Bonchev–Trinajstić information content (AvgIpc) is 2.40. The van der Waals surface area contributed by atoms with E-state index in [4.69, 9.17) is 0 Å². The fraction of sp³-hybridized carbons (Fsp3) is 0.0714. The van der Waals surface area contributed by atoms with Crippen LogP contribution in [0.2, 0.25) is 0 Å². The first-order valence-corrected chi connectivity index (χ1v) is 5.40. The molecule has 4 heteroatoms. The number of hydrogen-bond donors (Lipinski definition) is 1. The van der Waals surface area contributed by atoms with Crippen molar-refractivity contribution in [3.8, 4) is 11.1 Å². The molecule has 0 atom stereocenters. The minimum Gasteiger partial charge on any atom is -0.277 e. The van der Waals surface area contributed by atoms with Gasteiger partial charge >= 0.3 is 0 Å². The lowest BCUT2D eigenvalue weighted by molar-refractivity contribution is 0.0533. The summed E-state index contributed by atoms with van der Waals surface area (Å²) in [5.41, 5.74) is 3.76. The molecule has 1 amide bonds. The zero-order chi connectivity index (χ0) is 13.0. The van der Waals surface area contributed by atoms with Gasteiger partial charge in [-0.15, -0.1) is 0 Å². The molecule has 0 saturated heterocycles. The number of amides is 1. The molecule has 0 aliphatic rings. The summed E-state index contributed by atoms with van der Waals surface area (Å²) < 4.78 is 13.5. The van der Waals surface area contributed by atoms with Crippen LogP contribution in [0.5, 0.6) is 0 Å². The summed E-state index contributed by atoms with van der Waals surface area (Å²) in [6.45, 7) is 0. The van der Waals surface area contributed by atoms with Gasteiger partial charge in [-0.05, 0) is 23.3 Å². The third-order valence-corrected chi connectivity index (χ3v) is 2.51. The lowest BCUT2D eigenvalue weighted by Gasteiger charge is -2.06. The smallest absolute Gasteiger partial charge is 0.277 e. The van der Waals surface area contributed by atoms with Crippen molar-refractivity contribution in [1.82, 2.24) is 5.48 Å². The SMILES string of the molecule is CONC(=O)c1cc(-c2ccccc2)ccc1F. The number of carbonyl (C=O) groups excluding carboxylic acids is 1. The average molecular weight is 245 g/mol. The molecule has 2 aromatic rings. The Balaban J connectivity index is 2.41. The number of halogens is 1. The predicted octanol–water partition coefficient (Wildman–Crippen LogP) is 2.78. The maximum Gasteiger partial charge on any atom is 0.277 e. The van der Waals surface area contributed by atoms with Gasteiger partial charge in [0.25, 0.3) is 5.91 Å². The minimum absolute atomic E-state index is 0.0433. The van der Waals surface area contributed by atoms with Crippen molar-refractivity contribution < 1.29 is 14.0 Å². The second-order valence-corrected chi connectivity index (χ2v) is 3.70. The summed E-state index contributed by atoms with van der Waals surface area (Å²) in [5.74, 6) is -1.18.